The van der Waals surface area contributed by atoms with Gasteiger partial charge in [0.05, 0.1) is 6.20 Å². The molecule has 3 atom stereocenters. The summed E-state index contributed by atoms with van der Waals surface area (Å²) in [4.78, 5) is 16.2. The summed E-state index contributed by atoms with van der Waals surface area (Å²) in [6.07, 6.45) is -0.858. The topological polar surface area (TPSA) is 67.2 Å². The number of carbonyl (C=O) groups excluding carboxylic acids is 1. The number of fused-ring (bicyclic) bond motifs is 3. The molecule has 2 aromatic rings. The molecule has 8 heteroatoms. The van der Waals surface area contributed by atoms with Gasteiger partial charge in [-0.1, -0.05) is 0 Å². The Morgan fingerprint density at radius 1 is 1.39 bits per heavy atom. The van der Waals surface area contributed by atoms with Crippen LogP contribution in [0.15, 0.2) is 22.9 Å². The van der Waals surface area contributed by atoms with E-state index in [1.54, 1.807) is 0 Å². The van der Waals surface area contributed by atoms with E-state index >= 15 is 0 Å². The van der Waals surface area contributed by atoms with Crippen LogP contribution >= 0.6 is 0 Å². The molecule has 3 unspecified atom stereocenters. The van der Waals surface area contributed by atoms with E-state index in [1.165, 1.54) is 0 Å². The third kappa shape index (κ3) is 2.46. The fourth-order valence-electron chi connectivity index (χ4n) is 3.53. The number of pyridine rings is 1. The Morgan fingerprint density at radius 2 is 2.22 bits per heavy atom. The van der Waals surface area contributed by atoms with Gasteiger partial charge in [-0.25, -0.2) is 4.98 Å². The van der Waals surface area contributed by atoms with Crippen molar-refractivity contribution in [2.45, 2.75) is 31.1 Å². The van der Waals surface area contributed by atoms with Crippen molar-refractivity contribution < 1.29 is 22.4 Å². The molecule has 2 N–H and O–H groups in total. The van der Waals surface area contributed by atoms with Crippen molar-refractivity contribution in [2.75, 3.05) is 6.54 Å². The first-order valence-corrected chi connectivity index (χ1v) is 7.40. The molecule has 4 rings (SSSR count). The van der Waals surface area contributed by atoms with Gasteiger partial charge in [0.1, 0.15) is 17.5 Å². The Bertz CT molecular complexity index is 771. The van der Waals surface area contributed by atoms with Crippen LogP contribution in [0.25, 0.3) is 11.0 Å². The number of rotatable bonds is 2. The molecule has 2 aliphatic rings. The fraction of sp³-hybridized carbons (Fsp3) is 0.467. The highest BCUT2D eigenvalue weighted by molar-refractivity contribution is 5.96. The van der Waals surface area contributed by atoms with E-state index in [0.717, 1.165) is 31.6 Å². The minimum Gasteiger partial charge on any atom is -0.462 e. The van der Waals surface area contributed by atoms with Crippen LogP contribution in [-0.4, -0.2) is 29.5 Å². The predicted octanol–water partition coefficient (Wildman–Crippen LogP) is 2.33. The maximum atomic E-state index is 12.9. The highest BCUT2D eigenvalue weighted by Crippen LogP contribution is 2.36. The largest absolute Gasteiger partial charge is 0.462 e. The summed E-state index contributed by atoms with van der Waals surface area (Å²) in [6.45, 7) is 0.863. The summed E-state index contributed by atoms with van der Waals surface area (Å²) in [5, 5.41) is 6.08. The lowest BCUT2D eigenvalue weighted by Crippen LogP contribution is -2.44. The van der Waals surface area contributed by atoms with E-state index in [1.807, 2.05) is 0 Å². The van der Waals surface area contributed by atoms with Crippen molar-refractivity contribution in [3.8, 4) is 0 Å². The van der Waals surface area contributed by atoms with E-state index in [-0.39, 0.29) is 22.7 Å². The Hall–Kier alpha value is -2.09. The number of halogens is 3. The van der Waals surface area contributed by atoms with E-state index in [4.69, 9.17) is 4.42 Å². The van der Waals surface area contributed by atoms with Crippen LogP contribution in [0.1, 0.15) is 28.9 Å². The van der Waals surface area contributed by atoms with E-state index < -0.39 is 17.6 Å². The van der Waals surface area contributed by atoms with Gasteiger partial charge in [-0.2, -0.15) is 13.2 Å². The fourth-order valence-corrected chi connectivity index (χ4v) is 3.53. The lowest BCUT2D eigenvalue weighted by atomic mass is 10.0. The van der Waals surface area contributed by atoms with Crippen LogP contribution in [0, 0.1) is 5.92 Å². The summed E-state index contributed by atoms with van der Waals surface area (Å²) < 4.78 is 43.6. The molecule has 1 amide bonds. The van der Waals surface area contributed by atoms with Crippen LogP contribution in [0.2, 0.25) is 0 Å². The molecule has 2 fully saturated rings. The molecule has 2 bridgehead atoms. The number of nitrogens with zero attached hydrogens (tertiary/aromatic N) is 1. The zero-order valence-electron chi connectivity index (χ0n) is 12.0. The SMILES string of the molecule is O=C(NC1CC2CC1CN2)c1cc2c(C(F)(F)F)coc2cn1. The summed E-state index contributed by atoms with van der Waals surface area (Å²) in [6, 6.07) is 1.62. The molecule has 2 aromatic heterocycles. The van der Waals surface area contributed by atoms with Gasteiger partial charge >= 0.3 is 6.18 Å². The van der Waals surface area contributed by atoms with Gasteiger partial charge in [-0.3, -0.25) is 4.79 Å². The number of hydrogen-bond donors (Lipinski definition) is 2. The van der Waals surface area contributed by atoms with Crippen molar-refractivity contribution >= 4 is 16.9 Å². The normalized spacial score (nSPS) is 26.8. The number of amides is 1. The number of alkyl halides is 3. The number of hydrogen-bond acceptors (Lipinski definition) is 4. The summed E-state index contributed by atoms with van der Waals surface area (Å²) in [5.41, 5.74) is -0.911. The molecular weight excluding hydrogens is 311 g/mol. The number of carbonyl (C=O) groups is 1. The Morgan fingerprint density at radius 3 is 2.87 bits per heavy atom. The first-order valence-electron chi connectivity index (χ1n) is 7.40. The maximum absolute atomic E-state index is 12.9. The summed E-state index contributed by atoms with van der Waals surface area (Å²) in [7, 11) is 0. The van der Waals surface area contributed by atoms with Gasteiger partial charge in [0, 0.05) is 24.0 Å². The van der Waals surface area contributed by atoms with Crippen molar-refractivity contribution in [1.82, 2.24) is 15.6 Å². The zero-order valence-corrected chi connectivity index (χ0v) is 12.0. The molecule has 23 heavy (non-hydrogen) atoms. The smallest absolute Gasteiger partial charge is 0.420 e. The van der Waals surface area contributed by atoms with Gasteiger partial charge in [-0.15, -0.1) is 0 Å². The minimum absolute atomic E-state index is 0.0120. The first-order chi connectivity index (χ1) is 10.9. The Labute approximate surface area is 129 Å². The van der Waals surface area contributed by atoms with E-state index in [0.29, 0.717) is 18.2 Å². The van der Waals surface area contributed by atoms with Crippen molar-refractivity contribution in [3.05, 3.63) is 29.8 Å². The second kappa shape index (κ2) is 4.95. The van der Waals surface area contributed by atoms with Gasteiger partial charge in [0.2, 0.25) is 0 Å². The molecular formula is C15H14F3N3O2. The third-order valence-corrected chi connectivity index (χ3v) is 4.68. The predicted molar refractivity (Wildman–Crippen MR) is 74.8 cm³/mol. The van der Waals surface area contributed by atoms with Crippen LogP contribution < -0.4 is 10.6 Å². The lowest BCUT2D eigenvalue weighted by Gasteiger charge is -2.23. The third-order valence-electron chi connectivity index (χ3n) is 4.68. The van der Waals surface area contributed by atoms with Crippen LogP contribution in [-0.2, 0) is 6.18 Å². The highest BCUT2D eigenvalue weighted by Gasteiger charge is 2.40. The van der Waals surface area contributed by atoms with Gasteiger partial charge in [0.15, 0.2) is 5.58 Å². The average Bonchev–Trinajstić information content (AvgIpc) is 3.20. The molecule has 5 nitrogen and oxygen atoms in total. The number of nitrogens with one attached hydrogen (secondary N) is 2. The lowest BCUT2D eigenvalue weighted by molar-refractivity contribution is -0.136. The first kappa shape index (κ1) is 14.5. The minimum atomic E-state index is -4.53. The molecule has 1 saturated heterocycles. The van der Waals surface area contributed by atoms with Crippen LogP contribution in [0.3, 0.4) is 0 Å². The molecule has 122 valence electrons. The van der Waals surface area contributed by atoms with Crippen molar-refractivity contribution in [3.63, 3.8) is 0 Å². The Kier molecular flexibility index (Phi) is 3.12. The number of aromatic nitrogens is 1. The molecule has 1 aliphatic heterocycles. The van der Waals surface area contributed by atoms with Crippen LogP contribution in [0.4, 0.5) is 13.2 Å². The molecule has 1 aliphatic carbocycles. The average molecular weight is 325 g/mol. The second-order valence-corrected chi connectivity index (χ2v) is 6.13. The van der Waals surface area contributed by atoms with E-state index in [9.17, 15) is 18.0 Å². The number of piperidine rings is 1. The molecule has 3 heterocycles. The summed E-state index contributed by atoms with van der Waals surface area (Å²) >= 11 is 0. The van der Waals surface area contributed by atoms with Gasteiger partial charge in [-0.05, 0) is 24.8 Å². The quantitative estimate of drug-likeness (QED) is 0.889. The molecule has 0 spiro atoms. The van der Waals surface area contributed by atoms with Crippen molar-refractivity contribution in [1.29, 1.82) is 0 Å². The molecule has 0 aromatic carbocycles. The highest BCUT2D eigenvalue weighted by atomic mass is 19.4. The van der Waals surface area contributed by atoms with E-state index in [2.05, 4.69) is 15.6 Å². The second-order valence-electron chi connectivity index (χ2n) is 6.13. The monoisotopic (exact) mass is 325 g/mol. The molecule has 0 radical (unpaired) electrons. The maximum Gasteiger partial charge on any atom is 0.420 e. The van der Waals surface area contributed by atoms with Crippen LogP contribution in [0.5, 0.6) is 0 Å². The molecule has 1 saturated carbocycles. The number of furan rings is 1. The standard InChI is InChI=1S/C15H14F3N3O2/c16-15(17,18)10-6-23-13-5-20-12(3-9(10)13)14(22)21-11-2-8-1-7(11)4-19-8/h3,5-8,11,19H,1-2,4H2,(H,21,22). The zero-order chi connectivity index (χ0) is 16.2. The van der Waals surface area contributed by atoms with Gasteiger partial charge < -0.3 is 15.1 Å². The summed E-state index contributed by atoms with van der Waals surface area (Å²) in [5.74, 6) is -0.0638. The van der Waals surface area contributed by atoms with Gasteiger partial charge in [0.25, 0.3) is 5.91 Å². The van der Waals surface area contributed by atoms with Crippen molar-refractivity contribution in [2.24, 2.45) is 5.92 Å². The Balaban J connectivity index is 1.60.